The van der Waals surface area contributed by atoms with Crippen LogP contribution in [-0.2, 0) is 0 Å². The molecule has 0 saturated heterocycles. The number of alkyl halides is 1. The van der Waals surface area contributed by atoms with Gasteiger partial charge in [0.25, 0.3) is 0 Å². The van der Waals surface area contributed by atoms with Crippen molar-refractivity contribution in [1.29, 1.82) is 0 Å². The molecule has 0 aliphatic carbocycles. The molecule has 19 heavy (non-hydrogen) atoms. The highest BCUT2D eigenvalue weighted by Gasteiger charge is 2.42. The maximum atomic E-state index is 6.27. The third kappa shape index (κ3) is 2.22. The summed E-state index contributed by atoms with van der Waals surface area (Å²) in [6, 6.07) is 7.58. The smallest absolute Gasteiger partial charge is 0.163 e. The minimum Gasteiger partial charge on any atom is -0.256 e. The topological polar surface area (TPSA) is 28.0 Å². The number of nitrogens with zero attached hydrogens (tertiary/aromatic N) is 3. The SMILES string of the molecule is CC1(Br)C=NN2C(Cl)=CC(c3ccccc3Cl)=NC21. The van der Waals surface area contributed by atoms with Crippen LogP contribution < -0.4 is 0 Å². The molecule has 6 heteroatoms. The second kappa shape index (κ2) is 4.62. The molecule has 0 bridgehead atoms. The van der Waals surface area contributed by atoms with Crippen molar-refractivity contribution in [2.75, 3.05) is 0 Å². The molecule has 2 atom stereocenters. The Balaban J connectivity index is 2.07. The zero-order chi connectivity index (χ0) is 13.6. The lowest BCUT2D eigenvalue weighted by Gasteiger charge is -2.30. The van der Waals surface area contributed by atoms with Gasteiger partial charge in [-0.25, -0.2) is 5.01 Å². The van der Waals surface area contributed by atoms with Gasteiger partial charge < -0.3 is 0 Å². The molecule has 0 aromatic heterocycles. The van der Waals surface area contributed by atoms with Crippen LogP contribution in [-0.4, -0.2) is 27.4 Å². The lowest BCUT2D eigenvalue weighted by molar-refractivity contribution is 0.298. The van der Waals surface area contributed by atoms with Gasteiger partial charge in [-0.1, -0.05) is 57.3 Å². The number of benzene rings is 1. The van der Waals surface area contributed by atoms with Crippen molar-refractivity contribution in [1.82, 2.24) is 5.01 Å². The minimum atomic E-state index is -0.339. The first-order valence-electron chi connectivity index (χ1n) is 5.72. The fraction of sp³-hybridized carbons (Fsp3) is 0.231. The molecule has 2 unspecified atom stereocenters. The summed E-state index contributed by atoms with van der Waals surface area (Å²) in [7, 11) is 0. The van der Waals surface area contributed by atoms with Crippen molar-refractivity contribution in [3.63, 3.8) is 0 Å². The molecule has 1 aromatic carbocycles. The molecule has 3 rings (SSSR count). The third-order valence-corrected chi connectivity index (χ3v) is 4.28. The van der Waals surface area contributed by atoms with Crippen molar-refractivity contribution >= 4 is 51.1 Å². The quantitative estimate of drug-likeness (QED) is 0.550. The first kappa shape index (κ1) is 13.2. The first-order valence-corrected chi connectivity index (χ1v) is 7.27. The summed E-state index contributed by atoms with van der Waals surface area (Å²) in [5, 5.41) is 7.15. The lowest BCUT2D eigenvalue weighted by Crippen LogP contribution is -2.40. The zero-order valence-electron chi connectivity index (χ0n) is 10.0. The van der Waals surface area contributed by atoms with Crippen molar-refractivity contribution in [2.24, 2.45) is 10.1 Å². The molecule has 2 aliphatic heterocycles. The van der Waals surface area contributed by atoms with Gasteiger partial charge in [-0.2, -0.15) is 5.10 Å². The van der Waals surface area contributed by atoms with Crippen molar-refractivity contribution in [2.45, 2.75) is 17.4 Å². The molecule has 0 spiro atoms. The van der Waals surface area contributed by atoms with Crippen LogP contribution in [0.1, 0.15) is 12.5 Å². The molecule has 3 nitrogen and oxygen atoms in total. The predicted molar refractivity (Wildman–Crippen MR) is 83.4 cm³/mol. The fourth-order valence-corrected chi connectivity index (χ4v) is 2.92. The first-order chi connectivity index (χ1) is 8.99. The van der Waals surface area contributed by atoms with Gasteiger partial charge in [-0.15, -0.1) is 0 Å². The van der Waals surface area contributed by atoms with Crippen LogP contribution >= 0.6 is 39.1 Å². The second-order valence-electron chi connectivity index (χ2n) is 4.58. The average molecular weight is 359 g/mol. The van der Waals surface area contributed by atoms with E-state index < -0.39 is 0 Å². The molecular weight excluding hydrogens is 349 g/mol. The predicted octanol–water partition coefficient (Wildman–Crippen LogP) is 4.00. The van der Waals surface area contributed by atoms with Gasteiger partial charge in [0.1, 0.15) is 9.48 Å². The van der Waals surface area contributed by atoms with Crippen molar-refractivity contribution < 1.29 is 0 Å². The van der Waals surface area contributed by atoms with E-state index >= 15 is 0 Å². The number of hydrogen-bond acceptors (Lipinski definition) is 3. The van der Waals surface area contributed by atoms with Crippen LogP contribution in [0.4, 0.5) is 0 Å². The summed E-state index contributed by atoms with van der Waals surface area (Å²) < 4.78 is -0.339. The van der Waals surface area contributed by atoms with Gasteiger partial charge in [0, 0.05) is 22.9 Å². The number of rotatable bonds is 1. The van der Waals surface area contributed by atoms with E-state index in [4.69, 9.17) is 28.2 Å². The van der Waals surface area contributed by atoms with Gasteiger partial charge in [0.2, 0.25) is 0 Å². The number of hydrogen-bond donors (Lipinski definition) is 0. The molecule has 2 aliphatic rings. The van der Waals surface area contributed by atoms with Crippen LogP contribution in [0.3, 0.4) is 0 Å². The zero-order valence-corrected chi connectivity index (χ0v) is 13.1. The standard InChI is InChI=1S/C13H10BrCl2N3/c1-13(14)7-17-19-11(16)6-10(18-12(13)19)8-4-2-3-5-9(8)15/h2-7,12H,1H3. The molecule has 1 aromatic rings. The molecular formula is C13H10BrCl2N3. The normalized spacial score (nSPS) is 29.1. The summed E-state index contributed by atoms with van der Waals surface area (Å²) in [6.07, 6.45) is 3.38. The largest absolute Gasteiger partial charge is 0.256 e. The average Bonchev–Trinajstić information content (AvgIpc) is 2.66. The summed E-state index contributed by atoms with van der Waals surface area (Å²) in [4.78, 5) is 4.70. The molecule has 0 saturated carbocycles. The highest BCUT2D eigenvalue weighted by Crippen LogP contribution is 2.37. The second-order valence-corrected chi connectivity index (χ2v) is 7.08. The Hall–Kier alpha value is -0.840. The van der Waals surface area contributed by atoms with Gasteiger partial charge in [0.05, 0.1) is 5.71 Å². The number of aliphatic imine (C=N–C) groups is 1. The van der Waals surface area contributed by atoms with E-state index in [1.807, 2.05) is 31.2 Å². The Morgan fingerprint density at radius 2 is 2.05 bits per heavy atom. The molecule has 0 amide bonds. The van der Waals surface area contributed by atoms with E-state index in [-0.39, 0.29) is 10.5 Å². The molecule has 98 valence electrons. The van der Waals surface area contributed by atoms with E-state index in [9.17, 15) is 0 Å². The molecule has 0 fully saturated rings. The Bertz CT molecular complexity index is 622. The lowest BCUT2D eigenvalue weighted by atomic mass is 10.1. The number of halogens is 3. The molecule has 0 radical (unpaired) electrons. The summed E-state index contributed by atoms with van der Waals surface area (Å²) in [5.74, 6) is 0. The van der Waals surface area contributed by atoms with Crippen LogP contribution in [0.2, 0.25) is 5.02 Å². The molecule has 2 heterocycles. The van der Waals surface area contributed by atoms with Crippen molar-refractivity contribution in [3.05, 3.63) is 46.1 Å². The van der Waals surface area contributed by atoms with E-state index in [2.05, 4.69) is 21.0 Å². The maximum Gasteiger partial charge on any atom is 0.163 e. The fourth-order valence-electron chi connectivity index (χ4n) is 2.06. The van der Waals surface area contributed by atoms with Crippen molar-refractivity contribution in [3.8, 4) is 0 Å². The van der Waals surface area contributed by atoms with E-state index in [0.29, 0.717) is 10.2 Å². The summed E-state index contributed by atoms with van der Waals surface area (Å²) in [6.45, 7) is 2.00. The van der Waals surface area contributed by atoms with E-state index in [0.717, 1.165) is 11.3 Å². The molecule has 0 N–H and O–H groups in total. The highest BCUT2D eigenvalue weighted by atomic mass is 79.9. The van der Waals surface area contributed by atoms with Gasteiger partial charge in [-0.05, 0) is 13.0 Å². The summed E-state index contributed by atoms with van der Waals surface area (Å²) in [5.41, 5.74) is 1.64. The number of fused-ring (bicyclic) bond motifs is 1. The van der Waals surface area contributed by atoms with E-state index in [1.54, 1.807) is 17.3 Å². The van der Waals surface area contributed by atoms with Crippen LogP contribution in [0.25, 0.3) is 0 Å². The monoisotopic (exact) mass is 357 g/mol. The summed E-state index contributed by atoms with van der Waals surface area (Å²) >= 11 is 16.1. The maximum absolute atomic E-state index is 6.27. The van der Waals surface area contributed by atoms with Gasteiger partial charge in [0.15, 0.2) is 6.17 Å². The Labute approximate surface area is 129 Å². The Morgan fingerprint density at radius 1 is 1.32 bits per heavy atom. The number of hydrazone groups is 1. The minimum absolute atomic E-state index is 0.198. The van der Waals surface area contributed by atoms with Crippen LogP contribution in [0.5, 0.6) is 0 Å². The third-order valence-electron chi connectivity index (χ3n) is 3.06. The Morgan fingerprint density at radius 3 is 2.79 bits per heavy atom. The van der Waals surface area contributed by atoms with E-state index in [1.165, 1.54) is 0 Å². The van der Waals surface area contributed by atoms with Gasteiger partial charge in [-0.3, -0.25) is 4.99 Å². The van der Waals surface area contributed by atoms with Crippen LogP contribution in [0, 0.1) is 0 Å². The van der Waals surface area contributed by atoms with Crippen LogP contribution in [0.15, 0.2) is 45.6 Å². The number of allylic oxidation sites excluding steroid dienone is 1. The Kier molecular flexibility index (Phi) is 3.20. The van der Waals surface area contributed by atoms with Gasteiger partial charge >= 0.3 is 0 Å². The highest BCUT2D eigenvalue weighted by molar-refractivity contribution is 9.10.